The molecular weight excluding hydrogens is 308 g/mol. The fraction of sp³-hybridized carbons (Fsp3) is 0.889. The first-order valence-corrected chi connectivity index (χ1v) is 8.74. The molecule has 24 heavy (non-hydrogen) atoms. The topological polar surface area (TPSA) is 70.1 Å². The Morgan fingerprint density at radius 3 is 1.96 bits per heavy atom. The summed E-state index contributed by atoms with van der Waals surface area (Å²) in [6, 6.07) is 0. The summed E-state index contributed by atoms with van der Waals surface area (Å²) in [5.41, 5.74) is -0.805. The molecule has 0 saturated heterocycles. The lowest BCUT2D eigenvalue weighted by Crippen LogP contribution is -2.48. The molecule has 0 fully saturated rings. The highest BCUT2D eigenvalue weighted by Crippen LogP contribution is 2.13. The minimum absolute atomic E-state index is 0.141. The van der Waals surface area contributed by atoms with Crippen molar-refractivity contribution in [2.24, 2.45) is 0 Å². The molecule has 0 aromatic heterocycles. The number of hydrogen-bond donors (Lipinski definition) is 1. The highest BCUT2D eigenvalue weighted by Gasteiger charge is 2.25. The lowest BCUT2D eigenvalue weighted by Gasteiger charge is -2.34. The van der Waals surface area contributed by atoms with Gasteiger partial charge >= 0.3 is 12.1 Å². The van der Waals surface area contributed by atoms with Gasteiger partial charge in [-0.05, 0) is 68.0 Å². The van der Waals surface area contributed by atoms with Gasteiger partial charge in [-0.25, -0.2) is 4.79 Å². The van der Waals surface area contributed by atoms with Crippen LogP contribution in [0.4, 0.5) is 4.79 Å². The Morgan fingerprint density at radius 1 is 0.917 bits per heavy atom. The maximum absolute atomic E-state index is 11.6. The maximum atomic E-state index is 11.6. The Morgan fingerprint density at radius 2 is 1.50 bits per heavy atom. The first-order chi connectivity index (χ1) is 10.8. The number of hydrogen-bond acceptors (Lipinski definition) is 4. The van der Waals surface area contributed by atoms with Crippen LogP contribution in [0.3, 0.4) is 0 Å². The van der Waals surface area contributed by atoms with Crippen LogP contribution in [0.15, 0.2) is 0 Å². The van der Waals surface area contributed by atoms with Gasteiger partial charge in [0.15, 0.2) is 0 Å². The number of unbranched alkanes of at least 4 members (excludes halogenated alkanes) is 2. The van der Waals surface area contributed by atoms with E-state index in [1.807, 2.05) is 48.6 Å². The third-order valence-corrected chi connectivity index (χ3v) is 3.59. The number of carbonyl (C=O) groups excluding carboxylic acids is 1. The van der Waals surface area contributed by atoms with Crippen molar-refractivity contribution in [2.45, 2.75) is 78.4 Å². The van der Waals surface area contributed by atoms with Gasteiger partial charge in [0.25, 0.3) is 0 Å². The van der Waals surface area contributed by atoms with Gasteiger partial charge in [0, 0.05) is 25.0 Å². The predicted molar refractivity (Wildman–Crippen MR) is 96.3 cm³/mol. The molecule has 1 amide bonds. The highest BCUT2D eigenvalue weighted by molar-refractivity contribution is 5.69. The summed E-state index contributed by atoms with van der Waals surface area (Å²) in [5.74, 6) is -0.141. The second kappa shape index (κ2) is 9.87. The molecular formula is C18H36N2O4. The molecule has 142 valence electrons. The molecule has 1 N–H and O–H groups in total. The van der Waals surface area contributed by atoms with Crippen molar-refractivity contribution in [2.75, 3.05) is 26.7 Å². The summed E-state index contributed by atoms with van der Waals surface area (Å²) in [7, 11) is 2.00. The summed E-state index contributed by atoms with van der Waals surface area (Å²) in [6.45, 7) is 13.4. The maximum Gasteiger partial charge on any atom is 0.407 e. The number of likely N-dealkylation sites (N-methyl/N-ethyl adjacent to an activating group) is 1. The molecule has 0 aliphatic carbocycles. The lowest BCUT2D eigenvalue weighted by molar-refractivity contribution is -0.154. The van der Waals surface area contributed by atoms with Crippen LogP contribution in [0.2, 0.25) is 0 Å². The molecule has 6 nitrogen and oxygen atoms in total. The molecule has 0 unspecified atom stereocenters. The molecule has 0 aliphatic rings. The van der Waals surface area contributed by atoms with E-state index in [1.165, 1.54) is 4.90 Å². The van der Waals surface area contributed by atoms with Crippen molar-refractivity contribution in [1.29, 1.82) is 0 Å². The summed E-state index contributed by atoms with van der Waals surface area (Å²) >= 11 is 0. The van der Waals surface area contributed by atoms with Crippen LogP contribution in [0.5, 0.6) is 0 Å². The number of carbonyl (C=O) groups is 2. The molecule has 0 spiro atoms. The van der Waals surface area contributed by atoms with Gasteiger partial charge in [0.05, 0.1) is 0 Å². The first kappa shape index (κ1) is 22.7. The third-order valence-electron chi connectivity index (χ3n) is 3.59. The van der Waals surface area contributed by atoms with Gasteiger partial charge in [0.1, 0.15) is 5.60 Å². The van der Waals surface area contributed by atoms with Crippen molar-refractivity contribution >= 4 is 12.1 Å². The quantitative estimate of drug-likeness (QED) is 0.511. The molecule has 0 saturated carbocycles. The number of amides is 1. The largest absolute Gasteiger partial charge is 0.465 e. The van der Waals surface area contributed by atoms with E-state index in [2.05, 4.69) is 4.90 Å². The molecule has 0 aromatic carbocycles. The van der Waals surface area contributed by atoms with Gasteiger partial charge in [-0.2, -0.15) is 0 Å². The van der Waals surface area contributed by atoms with E-state index in [4.69, 9.17) is 4.74 Å². The third kappa shape index (κ3) is 11.3. The van der Waals surface area contributed by atoms with Crippen molar-refractivity contribution < 1.29 is 19.4 Å². The number of carboxylic acid groups (broad SMARTS) is 1. The van der Waals surface area contributed by atoms with Gasteiger partial charge in [0.2, 0.25) is 0 Å². The number of esters is 1. The van der Waals surface area contributed by atoms with Gasteiger partial charge in [-0.1, -0.05) is 6.42 Å². The van der Waals surface area contributed by atoms with Crippen LogP contribution < -0.4 is 0 Å². The van der Waals surface area contributed by atoms with Crippen LogP contribution in [0.1, 0.15) is 67.2 Å². The van der Waals surface area contributed by atoms with E-state index in [0.29, 0.717) is 19.5 Å². The van der Waals surface area contributed by atoms with Crippen LogP contribution >= 0.6 is 0 Å². The Labute approximate surface area is 147 Å². The summed E-state index contributed by atoms with van der Waals surface area (Å²) in [5, 5.41) is 9.26. The van der Waals surface area contributed by atoms with E-state index in [1.54, 1.807) is 0 Å². The van der Waals surface area contributed by atoms with Crippen LogP contribution in [0, 0.1) is 0 Å². The normalized spacial score (nSPS) is 12.3. The Hall–Kier alpha value is -1.30. The molecule has 0 aromatic rings. The summed E-state index contributed by atoms with van der Waals surface area (Å²) in [6.07, 6.45) is 2.35. The molecule has 0 rings (SSSR count). The van der Waals surface area contributed by atoms with Crippen molar-refractivity contribution in [3.63, 3.8) is 0 Å². The number of ether oxygens (including phenoxy) is 1. The predicted octanol–water partition coefficient (Wildman–Crippen LogP) is 3.60. The lowest BCUT2D eigenvalue weighted by atomic mass is 10.1. The zero-order valence-electron chi connectivity index (χ0n) is 16.5. The van der Waals surface area contributed by atoms with E-state index in [9.17, 15) is 14.7 Å². The van der Waals surface area contributed by atoms with E-state index < -0.39 is 11.7 Å². The molecule has 0 aliphatic heterocycles. The molecule has 0 atom stereocenters. The molecule has 6 heteroatoms. The second-order valence-electron chi connectivity index (χ2n) is 8.31. The fourth-order valence-corrected chi connectivity index (χ4v) is 2.32. The summed E-state index contributed by atoms with van der Waals surface area (Å²) in [4.78, 5) is 26.5. The Bertz CT molecular complexity index is 397. The van der Waals surface area contributed by atoms with Crippen molar-refractivity contribution in [3.8, 4) is 0 Å². The minimum Gasteiger partial charge on any atom is -0.465 e. The van der Waals surface area contributed by atoms with Crippen molar-refractivity contribution in [3.05, 3.63) is 0 Å². The summed E-state index contributed by atoms with van der Waals surface area (Å²) < 4.78 is 5.27. The first-order valence-electron chi connectivity index (χ1n) is 8.74. The SMILES string of the molecule is CN(CCCCCC(=O)OC(C)(C)C)CCN(C(=O)O)C(C)(C)C. The number of nitrogens with zero attached hydrogens (tertiary/aromatic N) is 2. The average molecular weight is 344 g/mol. The monoisotopic (exact) mass is 344 g/mol. The average Bonchev–Trinajstić information content (AvgIpc) is 2.34. The zero-order valence-corrected chi connectivity index (χ0v) is 16.5. The van der Waals surface area contributed by atoms with Gasteiger partial charge < -0.3 is 19.6 Å². The van der Waals surface area contributed by atoms with Gasteiger partial charge in [-0.15, -0.1) is 0 Å². The zero-order chi connectivity index (χ0) is 19.0. The van der Waals surface area contributed by atoms with Crippen LogP contribution in [-0.2, 0) is 9.53 Å². The van der Waals surface area contributed by atoms with Crippen molar-refractivity contribution in [1.82, 2.24) is 9.80 Å². The Kier molecular flexibility index (Phi) is 9.33. The molecule has 0 radical (unpaired) electrons. The number of rotatable bonds is 9. The van der Waals surface area contributed by atoms with Crippen LogP contribution in [0.25, 0.3) is 0 Å². The second-order valence-corrected chi connectivity index (χ2v) is 8.31. The highest BCUT2D eigenvalue weighted by atomic mass is 16.6. The van der Waals surface area contributed by atoms with Gasteiger partial charge in [-0.3, -0.25) is 4.79 Å². The van der Waals surface area contributed by atoms with Crippen LogP contribution in [-0.4, -0.2) is 64.8 Å². The standard InChI is InChI=1S/C18H36N2O4/c1-17(2,3)20(16(22)23)14-13-19(7)12-10-8-9-11-15(21)24-18(4,5)6/h8-14H2,1-7H3,(H,22,23). The Balaban J connectivity index is 3.89. The van der Waals surface area contributed by atoms with E-state index >= 15 is 0 Å². The fourth-order valence-electron chi connectivity index (χ4n) is 2.32. The van der Waals surface area contributed by atoms with E-state index in [-0.39, 0.29) is 11.5 Å². The minimum atomic E-state index is -0.881. The molecule has 0 heterocycles. The van der Waals surface area contributed by atoms with E-state index in [0.717, 1.165) is 25.8 Å². The smallest absolute Gasteiger partial charge is 0.407 e. The molecule has 0 bridgehead atoms.